The number of para-hydroxylation sites is 1. The molecule has 1 aliphatic heterocycles. The van der Waals surface area contributed by atoms with Crippen molar-refractivity contribution in [2.24, 2.45) is 0 Å². The van der Waals surface area contributed by atoms with E-state index in [1.54, 1.807) is 11.3 Å². The molecule has 128 valence electrons. The molecule has 4 nitrogen and oxygen atoms in total. The molecular formula is C18H21BrN2O2S. The van der Waals surface area contributed by atoms with Gasteiger partial charge in [-0.15, -0.1) is 11.3 Å². The fraction of sp³-hybridized carbons (Fsp3) is 0.444. The number of thiazole rings is 1. The summed E-state index contributed by atoms with van der Waals surface area (Å²) >= 11 is 5.15. The minimum absolute atomic E-state index is 0.229. The lowest BCUT2D eigenvalue weighted by molar-refractivity contribution is -0.132. The number of rotatable bonds is 6. The molecule has 6 heteroatoms. The molecule has 1 unspecified atom stereocenters. The van der Waals surface area contributed by atoms with Crippen molar-refractivity contribution >= 4 is 33.2 Å². The average molecular weight is 409 g/mol. The number of halogens is 1. The molecule has 0 spiro atoms. The monoisotopic (exact) mass is 408 g/mol. The van der Waals surface area contributed by atoms with Gasteiger partial charge < -0.3 is 9.64 Å². The van der Waals surface area contributed by atoms with E-state index in [4.69, 9.17) is 4.74 Å². The van der Waals surface area contributed by atoms with Gasteiger partial charge in [0.1, 0.15) is 5.75 Å². The molecule has 3 rings (SSSR count). The second-order valence-corrected chi connectivity index (χ2v) is 7.71. The topological polar surface area (TPSA) is 42.4 Å². The van der Waals surface area contributed by atoms with E-state index in [0.29, 0.717) is 18.9 Å². The maximum Gasteiger partial charge on any atom is 0.222 e. The number of ether oxygens (including phenoxy) is 1. The zero-order chi connectivity index (χ0) is 16.8. The van der Waals surface area contributed by atoms with Gasteiger partial charge in [-0.2, -0.15) is 0 Å². The van der Waals surface area contributed by atoms with Gasteiger partial charge in [0.2, 0.25) is 5.91 Å². The molecule has 0 saturated carbocycles. The van der Waals surface area contributed by atoms with Crippen LogP contribution in [0.2, 0.25) is 0 Å². The number of aromatic nitrogens is 1. The van der Waals surface area contributed by atoms with E-state index in [1.807, 2.05) is 40.7 Å². The smallest absolute Gasteiger partial charge is 0.222 e. The summed E-state index contributed by atoms with van der Waals surface area (Å²) in [4.78, 5) is 18.8. The fourth-order valence-corrected chi connectivity index (χ4v) is 4.13. The van der Waals surface area contributed by atoms with Crippen molar-refractivity contribution in [1.29, 1.82) is 0 Å². The Morgan fingerprint density at radius 3 is 3.08 bits per heavy atom. The van der Waals surface area contributed by atoms with E-state index in [2.05, 4.69) is 20.9 Å². The predicted molar refractivity (Wildman–Crippen MR) is 99.5 cm³/mol. The van der Waals surface area contributed by atoms with Crippen LogP contribution in [-0.2, 0) is 4.79 Å². The highest BCUT2D eigenvalue weighted by molar-refractivity contribution is 9.10. The summed E-state index contributed by atoms with van der Waals surface area (Å²) in [6, 6.07) is 7.77. The summed E-state index contributed by atoms with van der Waals surface area (Å²) in [7, 11) is 0. The van der Waals surface area contributed by atoms with E-state index >= 15 is 0 Å². The van der Waals surface area contributed by atoms with Crippen molar-refractivity contribution in [3.63, 3.8) is 0 Å². The number of likely N-dealkylation sites (tertiary alicyclic amines) is 1. The first-order valence-corrected chi connectivity index (χ1v) is 9.96. The molecule has 1 aliphatic rings. The Balaban J connectivity index is 1.42. The maximum atomic E-state index is 12.4. The van der Waals surface area contributed by atoms with Crippen LogP contribution >= 0.6 is 27.3 Å². The maximum absolute atomic E-state index is 12.4. The highest BCUT2D eigenvalue weighted by Crippen LogP contribution is 2.28. The number of hydrogen-bond donors (Lipinski definition) is 0. The fourth-order valence-electron chi connectivity index (χ4n) is 2.97. The molecule has 0 bridgehead atoms. The summed E-state index contributed by atoms with van der Waals surface area (Å²) in [6.07, 6.45) is 5.30. The SMILES string of the molecule is O=C(CCCOc1ccccc1Br)N1CCCC(c2nccs2)C1. The zero-order valence-corrected chi connectivity index (χ0v) is 15.9. The first kappa shape index (κ1) is 17.4. The third-order valence-corrected chi connectivity index (χ3v) is 5.80. The van der Waals surface area contributed by atoms with E-state index in [9.17, 15) is 4.79 Å². The van der Waals surface area contributed by atoms with Gasteiger partial charge in [0.05, 0.1) is 16.1 Å². The van der Waals surface area contributed by atoms with Gasteiger partial charge >= 0.3 is 0 Å². The Hall–Kier alpha value is -1.40. The molecule has 24 heavy (non-hydrogen) atoms. The molecule has 1 atom stereocenters. The van der Waals surface area contributed by atoms with Gasteiger partial charge in [0.15, 0.2) is 0 Å². The number of carbonyl (C=O) groups is 1. The van der Waals surface area contributed by atoms with Crippen LogP contribution in [0.1, 0.15) is 36.6 Å². The second kappa shape index (κ2) is 8.62. The van der Waals surface area contributed by atoms with Crippen LogP contribution in [-0.4, -0.2) is 35.5 Å². The Kier molecular flexibility index (Phi) is 6.26. The minimum Gasteiger partial charge on any atom is -0.492 e. The largest absolute Gasteiger partial charge is 0.492 e. The van der Waals surface area contributed by atoms with Crippen LogP contribution in [0.15, 0.2) is 40.3 Å². The molecule has 2 heterocycles. The van der Waals surface area contributed by atoms with E-state index < -0.39 is 0 Å². The summed E-state index contributed by atoms with van der Waals surface area (Å²) in [5.41, 5.74) is 0. The quantitative estimate of drug-likeness (QED) is 0.662. The van der Waals surface area contributed by atoms with Crippen molar-refractivity contribution in [1.82, 2.24) is 9.88 Å². The van der Waals surface area contributed by atoms with Gasteiger partial charge in [-0.1, -0.05) is 12.1 Å². The van der Waals surface area contributed by atoms with E-state index in [0.717, 1.165) is 47.6 Å². The van der Waals surface area contributed by atoms with Crippen LogP contribution < -0.4 is 4.74 Å². The van der Waals surface area contributed by atoms with Crippen LogP contribution in [0, 0.1) is 0 Å². The second-order valence-electron chi connectivity index (χ2n) is 5.93. The van der Waals surface area contributed by atoms with Gasteiger partial charge in [-0.3, -0.25) is 4.79 Å². The lowest BCUT2D eigenvalue weighted by atomic mass is 9.98. The van der Waals surface area contributed by atoms with Crippen molar-refractivity contribution in [3.8, 4) is 5.75 Å². The van der Waals surface area contributed by atoms with Crippen molar-refractivity contribution < 1.29 is 9.53 Å². The summed E-state index contributed by atoms with van der Waals surface area (Å²) in [6.45, 7) is 2.22. The van der Waals surface area contributed by atoms with Crippen molar-refractivity contribution in [2.45, 2.75) is 31.6 Å². The number of piperidine rings is 1. The third-order valence-electron chi connectivity index (χ3n) is 4.20. The summed E-state index contributed by atoms with van der Waals surface area (Å²) in [5.74, 6) is 1.46. The molecule has 0 N–H and O–H groups in total. The van der Waals surface area contributed by atoms with Gasteiger partial charge in [-0.25, -0.2) is 4.98 Å². The normalized spacial score (nSPS) is 17.7. The van der Waals surface area contributed by atoms with Gasteiger partial charge in [0, 0.05) is 37.0 Å². The lowest BCUT2D eigenvalue weighted by Crippen LogP contribution is -2.39. The van der Waals surface area contributed by atoms with Crippen LogP contribution in [0.25, 0.3) is 0 Å². The zero-order valence-electron chi connectivity index (χ0n) is 13.5. The number of hydrogen-bond acceptors (Lipinski definition) is 4. The number of amides is 1. The lowest BCUT2D eigenvalue weighted by Gasteiger charge is -2.32. The molecule has 2 aromatic rings. The molecular weight excluding hydrogens is 388 g/mol. The standard InChI is InChI=1S/C18H21BrN2O2S/c19-15-6-1-2-7-16(15)23-11-4-8-17(22)21-10-3-5-14(13-21)18-20-9-12-24-18/h1-2,6-7,9,12,14H,3-5,8,10-11,13H2. The molecule has 1 amide bonds. The average Bonchev–Trinajstić information content (AvgIpc) is 3.15. The number of nitrogens with zero attached hydrogens (tertiary/aromatic N) is 2. The van der Waals surface area contributed by atoms with E-state index in [-0.39, 0.29) is 5.91 Å². The third kappa shape index (κ3) is 4.57. The highest BCUT2D eigenvalue weighted by atomic mass is 79.9. The Morgan fingerprint density at radius 2 is 2.29 bits per heavy atom. The molecule has 0 radical (unpaired) electrons. The molecule has 1 saturated heterocycles. The summed E-state index contributed by atoms with van der Waals surface area (Å²) < 4.78 is 6.67. The minimum atomic E-state index is 0.229. The van der Waals surface area contributed by atoms with E-state index in [1.165, 1.54) is 0 Å². The van der Waals surface area contributed by atoms with Crippen LogP contribution in [0.4, 0.5) is 0 Å². The molecule has 1 aromatic heterocycles. The van der Waals surface area contributed by atoms with Gasteiger partial charge in [-0.05, 0) is 47.3 Å². The number of benzene rings is 1. The Labute approximate surface area is 155 Å². The first-order valence-electron chi connectivity index (χ1n) is 8.28. The molecule has 1 fully saturated rings. The van der Waals surface area contributed by atoms with Crippen LogP contribution in [0.5, 0.6) is 5.75 Å². The van der Waals surface area contributed by atoms with Crippen LogP contribution in [0.3, 0.4) is 0 Å². The van der Waals surface area contributed by atoms with Crippen molar-refractivity contribution in [3.05, 3.63) is 45.3 Å². The van der Waals surface area contributed by atoms with Gasteiger partial charge in [0.25, 0.3) is 0 Å². The summed E-state index contributed by atoms with van der Waals surface area (Å²) in [5, 5.41) is 3.17. The highest BCUT2D eigenvalue weighted by Gasteiger charge is 2.25. The van der Waals surface area contributed by atoms with Crippen molar-refractivity contribution in [2.75, 3.05) is 19.7 Å². The Morgan fingerprint density at radius 1 is 1.42 bits per heavy atom. The molecule has 1 aromatic carbocycles. The molecule has 0 aliphatic carbocycles. The number of carbonyl (C=O) groups excluding carboxylic acids is 1. The predicted octanol–water partition coefficient (Wildman–Crippen LogP) is 4.47. The Bertz CT molecular complexity index is 663. The first-order chi connectivity index (χ1) is 11.7.